The fourth-order valence-corrected chi connectivity index (χ4v) is 5.49. The molecule has 4 rings (SSSR count). The lowest BCUT2D eigenvalue weighted by atomic mass is 10.2. The molecule has 1 aliphatic rings. The summed E-state index contributed by atoms with van der Waals surface area (Å²) < 4.78 is 33.9. The van der Waals surface area contributed by atoms with Gasteiger partial charge in [-0.15, -0.1) is 0 Å². The molecule has 0 radical (unpaired) electrons. The first-order valence-corrected chi connectivity index (χ1v) is 12.1. The van der Waals surface area contributed by atoms with Crippen LogP contribution in [0.2, 0.25) is 10.0 Å². The highest BCUT2D eigenvalue weighted by Crippen LogP contribution is 2.41. The second-order valence-electron chi connectivity index (χ2n) is 7.29. The van der Waals surface area contributed by atoms with Crippen LogP contribution in [0, 0.1) is 0 Å². The van der Waals surface area contributed by atoms with Crippen molar-refractivity contribution in [3.05, 3.63) is 67.4 Å². The molecule has 33 heavy (non-hydrogen) atoms. The molecule has 0 amide bonds. The minimum absolute atomic E-state index is 0.0370. The number of piperidine rings is 1. The number of ether oxygens (including phenoxy) is 1. The Morgan fingerprint density at radius 3 is 2.33 bits per heavy atom. The van der Waals surface area contributed by atoms with Crippen molar-refractivity contribution < 1.29 is 18.3 Å². The molecule has 2 N–H and O–H groups in total. The topological polar surface area (TPSA) is 135 Å². The Kier molecular flexibility index (Phi) is 6.48. The molecule has 2 heterocycles. The van der Waals surface area contributed by atoms with Crippen molar-refractivity contribution in [3.8, 4) is 22.9 Å². The number of aromatic hydroxyl groups is 1. The van der Waals surface area contributed by atoms with E-state index in [1.807, 2.05) is 0 Å². The second kappa shape index (κ2) is 9.18. The van der Waals surface area contributed by atoms with Gasteiger partial charge in [-0.3, -0.25) is 9.78 Å². The van der Waals surface area contributed by atoms with E-state index in [4.69, 9.17) is 27.9 Å². The normalized spacial score (nSPS) is 14.8. The number of sulfonamides is 1. The number of halogens is 2. The van der Waals surface area contributed by atoms with E-state index in [2.05, 4.69) is 10.1 Å². The van der Waals surface area contributed by atoms with E-state index in [0.29, 0.717) is 13.1 Å². The van der Waals surface area contributed by atoms with Gasteiger partial charge >= 0.3 is 5.69 Å². The molecule has 0 unspecified atom stereocenters. The van der Waals surface area contributed by atoms with E-state index in [0.717, 1.165) is 30.1 Å². The van der Waals surface area contributed by atoms with E-state index < -0.39 is 21.3 Å². The largest absolute Gasteiger partial charge is 0.504 e. The van der Waals surface area contributed by atoms with E-state index in [9.17, 15) is 23.1 Å². The van der Waals surface area contributed by atoms with Crippen molar-refractivity contribution in [1.29, 1.82) is 0 Å². The Hall–Kier alpha value is -2.86. The predicted molar refractivity (Wildman–Crippen MR) is 121 cm³/mol. The Balaban J connectivity index is 1.68. The minimum atomic E-state index is -3.76. The summed E-state index contributed by atoms with van der Waals surface area (Å²) in [4.78, 5) is 25.2. The lowest BCUT2D eigenvalue weighted by Gasteiger charge is -2.26. The smallest absolute Gasteiger partial charge is 0.349 e. The van der Waals surface area contributed by atoms with Crippen LogP contribution >= 0.6 is 23.2 Å². The minimum Gasteiger partial charge on any atom is -0.504 e. The maximum absolute atomic E-state index is 13.0. The van der Waals surface area contributed by atoms with E-state index >= 15 is 0 Å². The summed E-state index contributed by atoms with van der Waals surface area (Å²) in [6.07, 6.45) is 3.46. The number of aromatic amines is 1. The van der Waals surface area contributed by atoms with Gasteiger partial charge in [-0.05, 0) is 37.1 Å². The van der Waals surface area contributed by atoms with Crippen molar-refractivity contribution in [2.75, 3.05) is 13.1 Å². The monoisotopic (exact) mass is 512 g/mol. The highest BCUT2D eigenvalue weighted by Gasteiger charge is 2.27. The zero-order valence-corrected chi connectivity index (χ0v) is 19.3. The summed E-state index contributed by atoms with van der Waals surface area (Å²) in [7, 11) is -3.76. The molecule has 2 aromatic carbocycles. The molecule has 3 aromatic rings. The summed E-state index contributed by atoms with van der Waals surface area (Å²) in [5, 5.41) is 13.9. The van der Waals surface area contributed by atoms with Crippen molar-refractivity contribution in [3.63, 3.8) is 0 Å². The number of hydrogen-bond donors (Lipinski definition) is 2. The summed E-state index contributed by atoms with van der Waals surface area (Å²) in [5.74, 6) is -0.548. The van der Waals surface area contributed by atoms with Gasteiger partial charge in [-0.25, -0.2) is 13.2 Å². The summed E-state index contributed by atoms with van der Waals surface area (Å²) in [6, 6.07) is 6.36. The number of nitrogens with one attached hydrogen (secondary N) is 1. The number of hydrogen-bond acceptors (Lipinski definition) is 7. The van der Waals surface area contributed by atoms with Gasteiger partial charge in [0.1, 0.15) is 6.20 Å². The third kappa shape index (κ3) is 4.76. The lowest BCUT2D eigenvalue weighted by Crippen LogP contribution is -2.35. The highest BCUT2D eigenvalue weighted by atomic mass is 35.5. The van der Waals surface area contributed by atoms with Gasteiger partial charge in [0, 0.05) is 19.2 Å². The molecule has 1 aromatic heterocycles. The number of H-pyrrole nitrogens is 1. The van der Waals surface area contributed by atoms with Crippen molar-refractivity contribution in [2.24, 2.45) is 0 Å². The first-order valence-electron chi connectivity index (χ1n) is 9.86. The number of phenols is 1. The van der Waals surface area contributed by atoms with Crippen LogP contribution in [0.5, 0.6) is 17.2 Å². The van der Waals surface area contributed by atoms with Crippen molar-refractivity contribution in [2.45, 2.75) is 24.2 Å². The molecule has 0 aliphatic carbocycles. The molecule has 1 aliphatic heterocycles. The molecule has 13 heteroatoms. The Bertz CT molecular complexity index is 1410. The van der Waals surface area contributed by atoms with Crippen molar-refractivity contribution >= 4 is 33.2 Å². The van der Waals surface area contributed by atoms with Gasteiger partial charge < -0.3 is 9.84 Å². The summed E-state index contributed by atoms with van der Waals surface area (Å²) in [5.41, 5.74) is -1.30. The SMILES string of the molecule is O=c1cnn(-c2cc(Cl)c(Oc3cc(S(=O)(=O)N4CCCCC4)ccc3O)c(Cl)c2)c(=O)[nH]1. The average Bonchev–Trinajstić information content (AvgIpc) is 2.77. The molecule has 0 spiro atoms. The van der Waals surface area contributed by atoms with Crippen LogP contribution in [0.15, 0.2) is 51.0 Å². The van der Waals surface area contributed by atoms with Gasteiger partial charge in [0.05, 0.1) is 20.6 Å². The third-order valence-electron chi connectivity index (χ3n) is 5.04. The molecule has 174 valence electrons. The van der Waals surface area contributed by atoms with Gasteiger partial charge in [0.15, 0.2) is 17.2 Å². The first kappa shape index (κ1) is 23.3. The van der Waals surface area contributed by atoms with Crippen LogP contribution in [-0.4, -0.2) is 45.7 Å². The van der Waals surface area contributed by atoms with Crippen LogP contribution in [0.1, 0.15) is 19.3 Å². The highest BCUT2D eigenvalue weighted by molar-refractivity contribution is 7.89. The van der Waals surface area contributed by atoms with Gasteiger partial charge in [0.25, 0.3) is 5.56 Å². The molecule has 1 fully saturated rings. The molecule has 0 saturated carbocycles. The maximum atomic E-state index is 13.0. The predicted octanol–water partition coefficient (Wildman–Crippen LogP) is 2.90. The Morgan fingerprint density at radius 2 is 1.70 bits per heavy atom. The quantitative estimate of drug-likeness (QED) is 0.536. The van der Waals surface area contributed by atoms with Gasteiger partial charge in [-0.2, -0.15) is 14.1 Å². The maximum Gasteiger partial charge on any atom is 0.349 e. The van der Waals surface area contributed by atoms with E-state index in [-0.39, 0.29) is 37.9 Å². The van der Waals surface area contributed by atoms with E-state index in [1.165, 1.54) is 34.6 Å². The van der Waals surface area contributed by atoms with Crippen LogP contribution in [0.3, 0.4) is 0 Å². The third-order valence-corrected chi connectivity index (χ3v) is 7.49. The Morgan fingerprint density at radius 1 is 1.03 bits per heavy atom. The number of aromatic nitrogens is 3. The number of rotatable bonds is 5. The average molecular weight is 513 g/mol. The summed E-state index contributed by atoms with van der Waals surface area (Å²) in [6.45, 7) is 0.855. The fourth-order valence-electron chi connectivity index (χ4n) is 3.40. The first-order chi connectivity index (χ1) is 15.7. The van der Waals surface area contributed by atoms with Crippen LogP contribution in [0.4, 0.5) is 0 Å². The molecular weight excluding hydrogens is 495 g/mol. The van der Waals surface area contributed by atoms with Crippen molar-refractivity contribution in [1.82, 2.24) is 19.1 Å². The lowest BCUT2D eigenvalue weighted by molar-refractivity contribution is 0.346. The number of nitrogens with zero attached hydrogens (tertiary/aromatic N) is 3. The standard InChI is InChI=1S/C20H18Cl2N4O6S/c21-14-8-12(26-20(29)24-18(28)11-23-26)9-15(22)19(14)32-17-10-13(4-5-16(17)27)33(30,31)25-6-2-1-3-7-25/h4-5,8-11,27H,1-3,6-7H2,(H,24,28,29). The number of benzene rings is 2. The molecular formula is C20H18Cl2N4O6S. The molecule has 1 saturated heterocycles. The molecule has 0 bridgehead atoms. The number of phenolic OH excluding ortho intramolecular Hbond substituents is 1. The molecule has 0 atom stereocenters. The fraction of sp³-hybridized carbons (Fsp3) is 0.250. The van der Waals surface area contributed by atoms with E-state index in [1.54, 1.807) is 0 Å². The van der Waals surface area contributed by atoms with Gasteiger partial charge in [-0.1, -0.05) is 29.6 Å². The zero-order valence-electron chi connectivity index (χ0n) is 17.0. The Labute approximate surface area is 198 Å². The van der Waals surface area contributed by atoms with Gasteiger partial charge in [0.2, 0.25) is 10.0 Å². The summed E-state index contributed by atoms with van der Waals surface area (Å²) >= 11 is 12.6. The zero-order chi connectivity index (χ0) is 23.8. The molecule has 10 nitrogen and oxygen atoms in total. The van der Waals surface area contributed by atoms with Crippen LogP contribution in [-0.2, 0) is 10.0 Å². The van der Waals surface area contributed by atoms with Crippen LogP contribution < -0.4 is 16.0 Å². The second-order valence-corrected chi connectivity index (χ2v) is 10.0. The van der Waals surface area contributed by atoms with Crippen LogP contribution in [0.25, 0.3) is 5.69 Å².